The Morgan fingerprint density at radius 1 is 1.26 bits per heavy atom. The van der Waals surface area contributed by atoms with Gasteiger partial charge in [-0.1, -0.05) is 38.2 Å². The summed E-state index contributed by atoms with van der Waals surface area (Å²) in [4.78, 5) is 3.83. The second kappa shape index (κ2) is 9.80. The number of piperidine rings is 1. The molecule has 3 heterocycles. The van der Waals surface area contributed by atoms with E-state index in [-0.39, 0.29) is 0 Å². The average molecular weight is 381 g/mol. The quantitative estimate of drug-likeness (QED) is 0.657. The maximum absolute atomic E-state index is 4.37. The van der Waals surface area contributed by atoms with E-state index in [4.69, 9.17) is 0 Å². The van der Waals surface area contributed by atoms with Gasteiger partial charge in [-0.05, 0) is 56.0 Å². The molecule has 0 amide bonds. The van der Waals surface area contributed by atoms with Gasteiger partial charge in [0.15, 0.2) is 0 Å². The Balaban J connectivity index is 1.77. The SMILES string of the molecule is C=C(c1csc(Cn2ccc(=C/C)/c2=C\C=C/CCC)c1)N1CCCCC1. The summed E-state index contributed by atoms with van der Waals surface area (Å²) < 4.78 is 2.35. The van der Waals surface area contributed by atoms with Crippen LogP contribution < -0.4 is 10.6 Å². The summed E-state index contributed by atoms with van der Waals surface area (Å²) in [6.07, 6.45) is 17.3. The molecule has 0 saturated carbocycles. The van der Waals surface area contributed by atoms with Gasteiger partial charge in [0.1, 0.15) is 0 Å². The van der Waals surface area contributed by atoms with Gasteiger partial charge in [-0.2, -0.15) is 0 Å². The fourth-order valence-corrected chi connectivity index (χ4v) is 4.52. The molecule has 0 unspecified atom stereocenters. The summed E-state index contributed by atoms with van der Waals surface area (Å²) in [6, 6.07) is 4.54. The molecule has 0 spiro atoms. The number of nitrogens with zero attached hydrogens (tertiary/aromatic N) is 2. The molecule has 3 rings (SSSR count). The Labute approximate surface area is 167 Å². The fraction of sp³-hybridized carbons (Fsp3) is 0.417. The first kappa shape index (κ1) is 19.8. The molecule has 27 heavy (non-hydrogen) atoms. The number of thiophene rings is 1. The van der Waals surface area contributed by atoms with Gasteiger partial charge in [0.2, 0.25) is 0 Å². The molecule has 0 aliphatic carbocycles. The molecular formula is C24H32N2S. The van der Waals surface area contributed by atoms with E-state index >= 15 is 0 Å². The van der Waals surface area contributed by atoms with E-state index in [0.717, 1.165) is 26.1 Å². The van der Waals surface area contributed by atoms with Gasteiger partial charge in [-0.3, -0.25) is 0 Å². The Hall–Kier alpha value is -2.00. The van der Waals surface area contributed by atoms with Crippen molar-refractivity contribution in [3.63, 3.8) is 0 Å². The maximum Gasteiger partial charge on any atom is 0.0569 e. The van der Waals surface area contributed by atoms with Crippen LogP contribution in [0.3, 0.4) is 0 Å². The number of allylic oxidation sites excluding steroid dienone is 2. The predicted molar refractivity (Wildman–Crippen MR) is 120 cm³/mol. The first-order valence-corrected chi connectivity index (χ1v) is 11.1. The summed E-state index contributed by atoms with van der Waals surface area (Å²) in [5, 5.41) is 4.85. The van der Waals surface area contributed by atoms with Crippen LogP contribution in [0.15, 0.2) is 42.4 Å². The number of unbranched alkanes of at least 4 members (excludes halogenated alkanes) is 1. The summed E-state index contributed by atoms with van der Waals surface area (Å²) >= 11 is 1.84. The zero-order valence-electron chi connectivity index (χ0n) is 16.8. The molecule has 0 radical (unpaired) electrons. The van der Waals surface area contributed by atoms with Crippen molar-refractivity contribution in [3.8, 4) is 0 Å². The van der Waals surface area contributed by atoms with Crippen LogP contribution in [0.1, 0.15) is 56.4 Å². The fourth-order valence-electron chi connectivity index (χ4n) is 3.63. The molecule has 1 aliphatic heterocycles. The standard InChI is InChI=1S/C24H32N2S/c1-4-6-7-9-12-24-21(5-2)13-16-26(24)18-23-17-22(19-27-23)20(3)25-14-10-8-11-15-25/h5,7,9,12-13,16-17,19H,3-4,6,8,10-11,14-15,18H2,1-2H3/b9-7-,21-5-,24-12+. The third-order valence-electron chi connectivity index (χ3n) is 5.25. The van der Waals surface area contributed by atoms with Gasteiger partial charge >= 0.3 is 0 Å². The first-order valence-electron chi connectivity index (χ1n) is 10.2. The Morgan fingerprint density at radius 3 is 2.81 bits per heavy atom. The summed E-state index contributed by atoms with van der Waals surface area (Å²) in [6.45, 7) is 11.9. The highest BCUT2D eigenvalue weighted by molar-refractivity contribution is 7.10. The van der Waals surface area contributed by atoms with E-state index in [0.29, 0.717) is 0 Å². The Bertz CT molecular complexity index is 891. The molecule has 2 nitrogen and oxygen atoms in total. The number of rotatable bonds is 7. The molecule has 1 fully saturated rings. The zero-order chi connectivity index (χ0) is 19.1. The molecule has 0 bridgehead atoms. The molecule has 1 aliphatic rings. The monoisotopic (exact) mass is 380 g/mol. The minimum Gasteiger partial charge on any atom is -0.372 e. The molecule has 0 aromatic carbocycles. The van der Waals surface area contributed by atoms with Crippen LogP contribution in [0.4, 0.5) is 0 Å². The van der Waals surface area contributed by atoms with Crippen molar-refractivity contribution in [1.29, 1.82) is 0 Å². The van der Waals surface area contributed by atoms with Crippen LogP contribution in [0.2, 0.25) is 0 Å². The highest BCUT2D eigenvalue weighted by Crippen LogP contribution is 2.26. The minimum atomic E-state index is 0.916. The van der Waals surface area contributed by atoms with E-state index in [2.05, 4.69) is 77.9 Å². The number of hydrogen-bond donors (Lipinski definition) is 0. The lowest BCUT2D eigenvalue weighted by molar-refractivity contribution is 0.326. The largest absolute Gasteiger partial charge is 0.372 e. The maximum atomic E-state index is 4.37. The topological polar surface area (TPSA) is 8.17 Å². The van der Waals surface area contributed by atoms with Crippen LogP contribution in [-0.4, -0.2) is 22.6 Å². The van der Waals surface area contributed by atoms with Crippen molar-refractivity contribution >= 4 is 29.2 Å². The highest BCUT2D eigenvalue weighted by Gasteiger charge is 2.14. The van der Waals surface area contributed by atoms with Gasteiger partial charge in [-0.15, -0.1) is 11.3 Å². The minimum absolute atomic E-state index is 0.916. The molecule has 144 valence electrons. The predicted octanol–water partition coefficient (Wildman–Crippen LogP) is 4.99. The van der Waals surface area contributed by atoms with Crippen LogP contribution in [0.25, 0.3) is 17.8 Å². The first-order chi connectivity index (χ1) is 13.2. The molecular weight excluding hydrogens is 348 g/mol. The van der Waals surface area contributed by atoms with E-state index in [1.807, 2.05) is 11.3 Å². The van der Waals surface area contributed by atoms with Crippen molar-refractivity contribution in [1.82, 2.24) is 9.47 Å². The lowest BCUT2D eigenvalue weighted by Crippen LogP contribution is -2.28. The lowest BCUT2D eigenvalue weighted by atomic mass is 10.1. The second-order valence-corrected chi connectivity index (χ2v) is 8.25. The second-order valence-electron chi connectivity index (χ2n) is 7.25. The van der Waals surface area contributed by atoms with E-state index in [1.165, 1.54) is 52.4 Å². The van der Waals surface area contributed by atoms with Crippen molar-refractivity contribution in [2.75, 3.05) is 13.1 Å². The van der Waals surface area contributed by atoms with Crippen LogP contribution in [-0.2, 0) is 6.54 Å². The van der Waals surface area contributed by atoms with Crippen LogP contribution >= 0.6 is 11.3 Å². The lowest BCUT2D eigenvalue weighted by Gasteiger charge is -2.30. The van der Waals surface area contributed by atoms with Crippen molar-refractivity contribution in [2.45, 2.75) is 52.5 Å². The van der Waals surface area contributed by atoms with Gasteiger partial charge < -0.3 is 9.47 Å². The van der Waals surface area contributed by atoms with Crippen LogP contribution in [0.5, 0.6) is 0 Å². The van der Waals surface area contributed by atoms with Crippen LogP contribution in [0, 0.1) is 0 Å². The van der Waals surface area contributed by atoms with Gasteiger partial charge in [0.25, 0.3) is 0 Å². The third-order valence-corrected chi connectivity index (χ3v) is 6.17. The van der Waals surface area contributed by atoms with Crippen molar-refractivity contribution in [3.05, 3.63) is 63.4 Å². The molecule has 1 saturated heterocycles. The van der Waals surface area contributed by atoms with E-state index in [9.17, 15) is 0 Å². The summed E-state index contributed by atoms with van der Waals surface area (Å²) in [7, 11) is 0. The molecule has 0 N–H and O–H groups in total. The Morgan fingerprint density at radius 2 is 2.07 bits per heavy atom. The average Bonchev–Trinajstić information content (AvgIpc) is 3.33. The zero-order valence-corrected chi connectivity index (χ0v) is 17.6. The van der Waals surface area contributed by atoms with Crippen molar-refractivity contribution in [2.24, 2.45) is 0 Å². The van der Waals surface area contributed by atoms with Gasteiger partial charge in [-0.25, -0.2) is 0 Å². The number of likely N-dealkylation sites (tertiary alicyclic amines) is 1. The van der Waals surface area contributed by atoms with Crippen molar-refractivity contribution < 1.29 is 0 Å². The van der Waals surface area contributed by atoms with E-state index in [1.54, 1.807) is 0 Å². The summed E-state index contributed by atoms with van der Waals surface area (Å²) in [5.41, 5.74) is 2.49. The van der Waals surface area contributed by atoms with Gasteiger partial charge in [0.05, 0.1) is 6.54 Å². The molecule has 0 atom stereocenters. The molecule has 3 heteroatoms. The smallest absolute Gasteiger partial charge is 0.0569 e. The molecule has 2 aromatic heterocycles. The number of aromatic nitrogens is 1. The normalized spacial score (nSPS) is 16.6. The third kappa shape index (κ3) is 5.04. The van der Waals surface area contributed by atoms with Gasteiger partial charge in [0, 0.05) is 46.2 Å². The Kier molecular flexibility index (Phi) is 7.17. The molecule has 2 aromatic rings. The summed E-state index contributed by atoms with van der Waals surface area (Å²) in [5.74, 6) is 0. The van der Waals surface area contributed by atoms with E-state index < -0.39 is 0 Å². The highest BCUT2D eigenvalue weighted by atomic mass is 32.1. The number of hydrogen-bond acceptors (Lipinski definition) is 2.